The third kappa shape index (κ3) is 4.19. The van der Waals surface area contributed by atoms with Crippen molar-refractivity contribution in [2.75, 3.05) is 7.11 Å². The molecule has 1 amide bonds. The first-order chi connectivity index (χ1) is 12.1. The number of nitrogens with two attached hydrogens (primary N) is 1. The zero-order valence-electron chi connectivity index (χ0n) is 15.4. The van der Waals surface area contributed by atoms with E-state index >= 15 is 0 Å². The number of carbonyl (C=O) groups is 1. The first kappa shape index (κ1) is 20.3. The van der Waals surface area contributed by atoms with Gasteiger partial charge in [-0.2, -0.15) is 0 Å². The summed E-state index contributed by atoms with van der Waals surface area (Å²) in [5, 5.41) is 0. The van der Waals surface area contributed by atoms with Gasteiger partial charge in [-0.25, -0.2) is 0 Å². The highest BCUT2D eigenvalue weighted by molar-refractivity contribution is 5.85. The van der Waals surface area contributed by atoms with E-state index in [1.54, 1.807) is 7.11 Å². The molecule has 1 aliphatic rings. The maximum atomic E-state index is 13.0. The number of hydrogen-bond acceptors (Lipinski definition) is 3. The maximum absolute atomic E-state index is 13.0. The van der Waals surface area contributed by atoms with Gasteiger partial charge in [0, 0.05) is 6.54 Å². The van der Waals surface area contributed by atoms with Crippen molar-refractivity contribution in [3.63, 3.8) is 0 Å². The predicted octanol–water partition coefficient (Wildman–Crippen LogP) is 3.87. The van der Waals surface area contributed by atoms with Crippen LogP contribution in [0.5, 0.6) is 5.75 Å². The van der Waals surface area contributed by atoms with Crippen LogP contribution in [0.2, 0.25) is 0 Å². The number of halogens is 1. The third-order valence-electron chi connectivity index (χ3n) is 4.93. The van der Waals surface area contributed by atoms with E-state index in [0.717, 1.165) is 29.7 Å². The van der Waals surface area contributed by atoms with Gasteiger partial charge in [-0.15, -0.1) is 12.4 Å². The van der Waals surface area contributed by atoms with Gasteiger partial charge in [0.1, 0.15) is 5.75 Å². The molecular formula is C21H27ClN2O2. The fraction of sp³-hybridized carbons (Fsp3) is 0.381. The summed E-state index contributed by atoms with van der Waals surface area (Å²) in [5.74, 6) is 0.853. The summed E-state index contributed by atoms with van der Waals surface area (Å²) in [5.41, 5.74) is 9.72. The quantitative estimate of drug-likeness (QED) is 0.864. The van der Waals surface area contributed by atoms with Gasteiger partial charge in [0.05, 0.1) is 19.2 Å². The zero-order chi connectivity index (χ0) is 17.8. The van der Waals surface area contributed by atoms with Crippen LogP contribution in [0.15, 0.2) is 48.5 Å². The molecule has 0 saturated heterocycles. The summed E-state index contributed by atoms with van der Waals surface area (Å²) >= 11 is 0. The van der Waals surface area contributed by atoms with Crippen LogP contribution >= 0.6 is 12.4 Å². The van der Waals surface area contributed by atoms with E-state index < -0.39 is 6.04 Å². The van der Waals surface area contributed by atoms with Gasteiger partial charge in [0.25, 0.3) is 0 Å². The smallest absolute Gasteiger partial charge is 0.240 e. The van der Waals surface area contributed by atoms with Gasteiger partial charge in [0.2, 0.25) is 5.91 Å². The highest BCUT2D eigenvalue weighted by Gasteiger charge is 2.33. The highest BCUT2D eigenvalue weighted by Crippen LogP contribution is 2.35. The second-order valence-corrected chi connectivity index (χ2v) is 6.63. The average molecular weight is 375 g/mol. The molecule has 0 aromatic heterocycles. The molecule has 0 spiro atoms. The summed E-state index contributed by atoms with van der Waals surface area (Å²) in [4.78, 5) is 14.9. The Labute approximate surface area is 161 Å². The van der Waals surface area contributed by atoms with Gasteiger partial charge in [-0.3, -0.25) is 4.79 Å². The van der Waals surface area contributed by atoms with Crippen LogP contribution in [0.1, 0.15) is 42.5 Å². The molecule has 3 rings (SSSR count). The summed E-state index contributed by atoms with van der Waals surface area (Å²) in [6.45, 7) is 2.63. The molecule has 2 aromatic carbocycles. The van der Waals surface area contributed by atoms with Crippen LogP contribution in [-0.2, 0) is 17.8 Å². The lowest BCUT2D eigenvalue weighted by molar-refractivity contribution is -0.136. The monoisotopic (exact) mass is 374 g/mol. The fourth-order valence-electron chi connectivity index (χ4n) is 3.54. The van der Waals surface area contributed by atoms with Crippen molar-refractivity contribution in [3.8, 4) is 5.75 Å². The Bertz CT molecular complexity index is 736. The lowest BCUT2D eigenvalue weighted by Crippen LogP contribution is -2.47. The Kier molecular flexibility index (Phi) is 7.06. The summed E-state index contributed by atoms with van der Waals surface area (Å²) in [6, 6.07) is 15.9. The lowest BCUT2D eigenvalue weighted by Gasteiger charge is -2.38. The van der Waals surface area contributed by atoms with E-state index in [9.17, 15) is 4.79 Å². The van der Waals surface area contributed by atoms with Gasteiger partial charge < -0.3 is 15.4 Å². The first-order valence-corrected chi connectivity index (χ1v) is 8.90. The number of nitrogens with zero attached hydrogens (tertiary/aromatic N) is 1. The van der Waals surface area contributed by atoms with Crippen molar-refractivity contribution < 1.29 is 9.53 Å². The normalized spacial score (nSPS) is 17.0. The second kappa shape index (κ2) is 9.06. The molecule has 5 heteroatoms. The molecule has 26 heavy (non-hydrogen) atoms. The molecule has 1 aliphatic heterocycles. The predicted molar refractivity (Wildman–Crippen MR) is 107 cm³/mol. The van der Waals surface area contributed by atoms with Crippen molar-refractivity contribution in [3.05, 3.63) is 65.2 Å². The van der Waals surface area contributed by atoms with E-state index in [4.69, 9.17) is 10.5 Å². The molecule has 0 bridgehead atoms. The van der Waals surface area contributed by atoms with E-state index in [-0.39, 0.29) is 24.4 Å². The second-order valence-electron chi connectivity index (χ2n) is 6.63. The fourth-order valence-corrected chi connectivity index (χ4v) is 3.54. The van der Waals surface area contributed by atoms with E-state index in [0.29, 0.717) is 13.0 Å². The molecule has 2 N–H and O–H groups in total. The number of amides is 1. The third-order valence-corrected chi connectivity index (χ3v) is 4.93. The van der Waals surface area contributed by atoms with Gasteiger partial charge in [0.15, 0.2) is 0 Å². The number of fused-ring (bicyclic) bond motifs is 1. The van der Waals surface area contributed by atoms with Crippen LogP contribution in [0.3, 0.4) is 0 Å². The molecule has 2 aromatic rings. The highest BCUT2D eigenvalue weighted by atomic mass is 35.5. The summed E-state index contributed by atoms with van der Waals surface area (Å²) in [7, 11) is 1.66. The first-order valence-electron chi connectivity index (χ1n) is 8.90. The molecule has 0 radical (unpaired) electrons. The molecule has 2 unspecified atom stereocenters. The number of rotatable bonds is 5. The minimum Gasteiger partial charge on any atom is -0.497 e. The standard InChI is InChI=1S/C21H26N2O2.ClH/c1-3-7-19(22)21(24)23-14-17-12-18(25-2)11-10-16(17)13-20(23)15-8-5-4-6-9-15;/h4-6,8-12,19-20H,3,7,13-14,22H2,1-2H3;1H. The Hall–Kier alpha value is -2.04. The van der Waals surface area contributed by atoms with Crippen molar-refractivity contribution in [2.24, 2.45) is 5.73 Å². The Balaban J connectivity index is 0.00000243. The van der Waals surface area contributed by atoms with Crippen LogP contribution in [0.4, 0.5) is 0 Å². The van der Waals surface area contributed by atoms with Gasteiger partial charge in [-0.1, -0.05) is 49.7 Å². The Morgan fingerprint density at radius 3 is 2.62 bits per heavy atom. The average Bonchev–Trinajstić information content (AvgIpc) is 2.66. The zero-order valence-corrected chi connectivity index (χ0v) is 16.2. The maximum Gasteiger partial charge on any atom is 0.240 e. The minimum absolute atomic E-state index is 0. The number of methoxy groups -OCH3 is 1. The molecule has 0 saturated carbocycles. The van der Waals surface area contributed by atoms with Crippen LogP contribution in [0, 0.1) is 0 Å². The van der Waals surface area contributed by atoms with Gasteiger partial charge >= 0.3 is 0 Å². The van der Waals surface area contributed by atoms with E-state index in [1.165, 1.54) is 5.56 Å². The molecule has 4 nitrogen and oxygen atoms in total. The van der Waals surface area contributed by atoms with E-state index in [2.05, 4.69) is 25.1 Å². The SMILES string of the molecule is CCCC(N)C(=O)N1Cc2cc(OC)ccc2CC1c1ccccc1.Cl. The Morgan fingerprint density at radius 2 is 1.96 bits per heavy atom. The number of benzene rings is 2. The van der Waals surface area contributed by atoms with Crippen molar-refractivity contribution >= 4 is 18.3 Å². The van der Waals surface area contributed by atoms with Crippen LogP contribution < -0.4 is 10.5 Å². The van der Waals surface area contributed by atoms with Crippen molar-refractivity contribution in [1.29, 1.82) is 0 Å². The van der Waals surface area contributed by atoms with Crippen molar-refractivity contribution in [1.82, 2.24) is 4.90 Å². The Morgan fingerprint density at radius 1 is 1.23 bits per heavy atom. The molecule has 1 heterocycles. The summed E-state index contributed by atoms with van der Waals surface area (Å²) < 4.78 is 5.35. The van der Waals surface area contributed by atoms with Crippen molar-refractivity contribution in [2.45, 2.75) is 44.8 Å². The minimum atomic E-state index is -0.441. The number of carbonyl (C=O) groups excluding carboxylic acids is 1. The molecule has 0 aliphatic carbocycles. The molecule has 140 valence electrons. The number of hydrogen-bond donors (Lipinski definition) is 1. The molecule has 0 fully saturated rings. The number of ether oxygens (including phenoxy) is 1. The largest absolute Gasteiger partial charge is 0.497 e. The topological polar surface area (TPSA) is 55.6 Å². The summed E-state index contributed by atoms with van der Waals surface area (Å²) in [6.07, 6.45) is 2.41. The van der Waals surface area contributed by atoms with Crippen LogP contribution in [0.25, 0.3) is 0 Å². The molecular weight excluding hydrogens is 348 g/mol. The lowest BCUT2D eigenvalue weighted by atomic mass is 9.89. The molecule has 2 atom stereocenters. The van der Waals surface area contributed by atoms with Crippen LogP contribution in [-0.4, -0.2) is 24.0 Å². The van der Waals surface area contributed by atoms with E-state index in [1.807, 2.05) is 35.2 Å². The van der Waals surface area contributed by atoms with Gasteiger partial charge in [-0.05, 0) is 41.7 Å².